The average Bonchev–Trinajstić information content (AvgIpc) is 3.18. The Morgan fingerprint density at radius 1 is 1.06 bits per heavy atom. The van der Waals surface area contributed by atoms with Crippen molar-refractivity contribution >= 4 is 55.3 Å². The third-order valence-corrected chi connectivity index (χ3v) is 8.56. The molecule has 26 heteroatoms. The van der Waals surface area contributed by atoms with Crippen LogP contribution < -0.4 is 5.32 Å². The number of aliphatic imine (C=N–C) groups is 2. The van der Waals surface area contributed by atoms with Crippen LogP contribution in [0.5, 0.6) is 0 Å². The summed E-state index contributed by atoms with van der Waals surface area (Å²) in [7, 11) is -22.3. The maximum atomic E-state index is 12.0. The van der Waals surface area contributed by atoms with Crippen LogP contribution in [0.3, 0.4) is 0 Å². The number of amidine groups is 1. The summed E-state index contributed by atoms with van der Waals surface area (Å²) in [5.41, 5.74) is 0. The molecule has 0 aliphatic carbocycles. The van der Waals surface area contributed by atoms with Gasteiger partial charge in [0.2, 0.25) is 5.96 Å². The Balaban J connectivity index is 1.87. The van der Waals surface area contributed by atoms with Crippen LogP contribution in [-0.4, -0.2) is 101 Å². The third kappa shape index (κ3) is 7.40. The number of phosphoric ester groups is 2. The molecule has 0 bridgehead atoms. The summed E-state index contributed by atoms with van der Waals surface area (Å²) < 4.78 is 67.1. The van der Waals surface area contributed by atoms with Gasteiger partial charge in [-0.25, -0.2) is 18.3 Å². The minimum Gasteiger partial charge on any atom is -0.386 e. The highest BCUT2D eigenvalue weighted by Gasteiger charge is 2.54. The van der Waals surface area contributed by atoms with E-state index in [2.05, 4.69) is 33.0 Å². The van der Waals surface area contributed by atoms with E-state index in [0.717, 1.165) is 11.2 Å². The first kappa shape index (κ1) is 29.3. The molecule has 3 aliphatic rings. The molecule has 0 aromatic heterocycles. The predicted molar refractivity (Wildman–Crippen MR) is 109 cm³/mol. The van der Waals surface area contributed by atoms with Gasteiger partial charge in [-0.2, -0.15) is 13.6 Å². The molecular weight excluding hydrogens is 586 g/mol. The van der Waals surface area contributed by atoms with Gasteiger partial charge in [-0.15, -0.1) is 0 Å². The van der Waals surface area contributed by atoms with Crippen molar-refractivity contribution in [2.45, 2.75) is 30.6 Å². The number of amides is 1. The van der Waals surface area contributed by atoms with Crippen LogP contribution in [0.25, 0.3) is 0 Å². The number of nitrogens with zero attached hydrogens (tertiary/aromatic N) is 3. The number of guanidine groups is 1. The molecule has 7 atom stereocenters. The van der Waals surface area contributed by atoms with Gasteiger partial charge in [0, 0.05) is 0 Å². The molecule has 1 amide bonds. The molecule has 0 spiro atoms. The second-order valence-electron chi connectivity index (χ2n) is 6.89. The van der Waals surface area contributed by atoms with E-state index in [0.29, 0.717) is 0 Å². The lowest BCUT2D eigenvalue weighted by Crippen LogP contribution is -2.53. The number of hydrogen-bond acceptors (Lipinski definition) is 14. The van der Waals surface area contributed by atoms with Crippen molar-refractivity contribution in [2.24, 2.45) is 9.98 Å². The quantitative estimate of drug-likeness (QED) is 0.113. The molecule has 3 rings (SSSR count). The predicted octanol–water partition coefficient (Wildman–Crippen LogP) is -2.93. The van der Waals surface area contributed by atoms with Crippen LogP contribution >= 0.6 is 31.3 Å². The number of aliphatic hydroxyl groups excluding tert-OH is 1. The highest BCUT2D eigenvalue weighted by atomic mass is 31.3. The fourth-order valence-electron chi connectivity index (χ4n) is 3.08. The van der Waals surface area contributed by atoms with Crippen LogP contribution in [0.4, 0.5) is 0 Å². The second kappa shape index (κ2) is 10.1. The number of fused-ring (bicyclic) bond motifs is 1. The molecular formula is C10H17N5O17P4. The summed E-state index contributed by atoms with van der Waals surface area (Å²) in [6, 6.07) is -1.29. The highest BCUT2D eigenvalue weighted by molar-refractivity contribution is 7.61. The Morgan fingerprint density at radius 2 is 1.64 bits per heavy atom. The largest absolute Gasteiger partial charge is 0.481 e. The smallest absolute Gasteiger partial charge is 0.386 e. The van der Waals surface area contributed by atoms with Gasteiger partial charge in [-0.05, 0) is 0 Å². The number of carbonyl (C=O) groups excluding carboxylic acids is 1. The third-order valence-electron chi connectivity index (χ3n) is 4.23. The number of carbonyl (C=O) groups is 1. The molecule has 0 aromatic rings. The Kier molecular flexibility index (Phi) is 8.23. The van der Waals surface area contributed by atoms with Gasteiger partial charge in [0.1, 0.15) is 18.3 Å². The number of nitrogens with one attached hydrogen (secondary N) is 2. The molecule has 3 heterocycles. The van der Waals surface area contributed by atoms with Crippen molar-refractivity contribution in [3.63, 3.8) is 0 Å². The molecule has 0 saturated carbocycles. The summed E-state index contributed by atoms with van der Waals surface area (Å²) in [4.78, 5) is 74.4. The standard InChI is InChI=1S/C10H17N5O17P4/c11-10-13-7-4(8(17)14-10)12-2-15(7)9-5(16)6(30-36(26,27)32-34(21,22)23)3(29-9)1-28-35(24,25)31-33(18,19)20/h2-6,9,16H,1H2,(H,24,25)(H,26,27)(H2,11,14,17)(H2,18,19,20)(H2,21,22,23)/t3-,4?,5-,6-,9-/m1/s1. The first-order valence-electron chi connectivity index (χ1n) is 8.92. The van der Waals surface area contributed by atoms with Gasteiger partial charge in [0.15, 0.2) is 18.1 Å². The Hall–Kier alpha value is -1.28. The van der Waals surface area contributed by atoms with Crippen LogP contribution in [0.1, 0.15) is 0 Å². The summed E-state index contributed by atoms with van der Waals surface area (Å²) >= 11 is 0. The van der Waals surface area contributed by atoms with E-state index in [1.807, 2.05) is 0 Å². The minimum atomic E-state index is -5.67. The van der Waals surface area contributed by atoms with E-state index >= 15 is 0 Å². The lowest BCUT2D eigenvalue weighted by atomic mass is 10.1. The summed E-state index contributed by atoms with van der Waals surface area (Å²) in [5, 5.41) is 20.3. The zero-order chi connectivity index (χ0) is 27.3. The van der Waals surface area contributed by atoms with E-state index in [1.54, 1.807) is 0 Å². The molecule has 3 aliphatic heterocycles. The molecule has 204 valence electrons. The summed E-state index contributed by atoms with van der Waals surface area (Å²) in [6.07, 6.45) is -6.93. The van der Waals surface area contributed by atoms with Crippen LogP contribution in [-0.2, 0) is 45.5 Å². The van der Waals surface area contributed by atoms with Crippen molar-refractivity contribution in [2.75, 3.05) is 6.61 Å². The van der Waals surface area contributed by atoms with Crippen LogP contribution in [0.15, 0.2) is 9.98 Å². The van der Waals surface area contributed by atoms with Crippen molar-refractivity contribution in [1.29, 1.82) is 5.41 Å². The van der Waals surface area contributed by atoms with Gasteiger partial charge >= 0.3 is 31.3 Å². The van der Waals surface area contributed by atoms with Crippen molar-refractivity contribution < 1.29 is 79.9 Å². The van der Waals surface area contributed by atoms with E-state index in [9.17, 15) is 37.9 Å². The summed E-state index contributed by atoms with van der Waals surface area (Å²) in [6.45, 7) is -1.24. The first-order chi connectivity index (χ1) is 16.3. The maximum Gasteiger partial charge on any atom is 0.481 e. The lowest BCUT2D eigenvalue weighted by Gasteiger charge is -2.28. The molecule has 36 heavy (non-hydrogen) atoms. The Labute approximate surface area is 198 Å². The first-order valence-corrected chi connectivity index (χ1v) is 15.0. The zero-order valence-corrected chi connectivity index (χ0v) is 20.6. The van der Waals surface area contributed by atoms with E-state index in [4.69, 9.17) is 29.7 Å². The van der Waals surface area contributed by atoms with Gasteiger partial charge < -0.3 is 39.2 Å². The molecule has 9 N–H and O–H groups in total. The SMILES string of the molecule is N=C1N=C2C(N=CN2[C@@H]2O[C@H](COP(=O)(O)OP(=O)(O)O)[C@@H](OP(=O)(O)OP(=O)(O)O)[C@H]2O)C(=O)N1. The topological polar surface area (TPSA) is 337 Å². The zero-order valence-electron chi connectivity index (χ0n) is 17.0. The monoisotopic (exact) mass is 603 g/mol. The van der Waals surface area contributed by atoms with Crippen molar-refractivity contribution in [1.82, 2.24) is 10.2 Å². The average molecular weight is 603 g/mol. The number of ether oxygens (including phenoxy) is 1. The molecule has 1 fully saturated rings. The number of hydrogen-bond donors (Lipinski definition) is 9. The number of rotatable bonds is 10. The maximum absolute atomic E-state index is 12.0. The normalized spacial score (nSPS) is 32.0. The van der Waals surface area contributed by atoms with E-state index < -0.39 is 80.3 Å². The van der Waals surface area contributed by atoms with E-state index in [-0.39, 0.29) is 5.84 Å². The van der Waals surface area contributed by atoms with Gasteiger partial charge in [0.25, 0.3) is 5.91 Å². The Bertz CT molecular complexity index is 1180. The molecule has 1 saturated heterocycles. The molecule has 22 nitrogen and oxygen atoms in total. The highest BCUT2D eigenvalue weighted by Crippen LogP contribution is 2.60. The molecule has 0 radical (unpaired) electrons. The second-order valence-corrected chi connectivity index (χ2v) is 12.5. The summed E-state index contributed by atoms with van der Waals surface area (Å²) in [5.74, 6) is -1.66. The van der Waals surface area contributed by atoms with Crippen LogP contribution in [0.2, 0.25) is 0 Å². The fourth-order valence-corrected chi connectivity index (χ4v) is 6.48. The number of aliphatic hydroxyl groups is 1. The Morgan fingerprint density at radius 3 is 2.22 bits per heavy atom. The van der Waals surface area contributed by atoms with Gasteiger partial charge in [0.05, 0.1) is 12.9 Å². The van der Waals surface area contributed by atoms with Crippen LogP contribution in [0, 0.1) is 5.41 Å². The fraction of sp³-hybridized carbons (Fsp3) is 0.600. The van der Waals surface area contributed by atoms with Crippen molar-refractivity contribution in [3.05, 3.63) is 0 Å². The van der Waals surface area contributed by atoms with Gasteiger partial charge in [-0.3, -0.25) is 34.5 Å². The minimum absolute atomic E-state index is 0.260. The van der Waals surface area contributed by atoms with Crippen molar-refractivity contribution in [3.8, 4) is 0 Å². The number of phosphoric acid groups is 4. The lowest BCUT2D eigenvalue weighted by molar-refractivity contribution is -0.119. The van der Waals surface area contributed by atoms with E-state index in [1.165, 1.54) is 0 Å². The molecule has 0 aromatic carbocycles. The molecule has 3 unspecified atom stereocenters. The van der Waals surface area contributed by atoms with Gasteiger partial charge in [-0.1, -0.05) is 0 Å².